The number of anilines is 1. The van der Waals surface area contributed by atoms with Crippen molar-refractivity contribution in [3.8, 4) is 0 Å². The van der Waals surface area contributed by atoms with E-state index in [4.69, 9.17) is 11.6 Å². The maximum atomic E-state index is 13.6. The van der Waals surface area contributed by atoms with Gasteiger partial charge in [-0.25, -0.2) is 21.9 Å². The number of carbonyl (C=O) groups is 1. The summed E-state index contributed by atoms with van der Waals surface area (Å²) in [4.78, 5) is 12.0. The molecular weight excluding hydrogens is 350 g/mol. The number of hydrogen-bond donors (Lipinski definition) is 2. The summed E-state index contributed by atoms with van der Waals surface area (Å²) in [7, 11) is -2.55. The Labute approximate surface area is 136 Å². The molecule has 0 atom stereocenters. The molecule has 0 aromatic heterocycles. The van der Waals surface area contributed by atoms with Crippen LogP contribution >= 0.6 is 11.6 Å². The van der Waals surface area contributed by atoms with Gasteiger partial charge in [0.15, 0.2) is 0 Å². The maximum absolute atomic E-state index is 13.6. The predicted molar refractivity (Wildman–Crippen MR) is 82.0 cm³/mol. The van der Waals surface area contributed by atoms with E-state index in [0.717, 1.165) is 18.2 Å². The van der Waals surface area contributed by atoms with Crippen LogP contribution in [0.5, 0.6) is 0 Å². The molecule has 0 radical (unpaired) electrons. The van der Waals surface area contributed by atoms with Gasteiger partial charge in [-0.1, -0.05) is 11.6 Å². The summed E-state index contributed by atoms with van der Waals surface area (Å²) in [6, 6.07) is 6.15. The molecule has 2 aromatic carbocycles. The number of hydrogen-bond acceptors (Lipinski definition) is 3. The lowest BCUT2D eigenvalue weighted by molar-refractivity contribution is 0.102. The molecule has 122 valence electrons. The molecule has 2 N–H and O–H groups in total. The van der Waals surface area contributed by atoms with Gasteiger partial charge in [-0.05, 0) is 37.4 Å². The fourth-order valence-electron chi connectivity index (χ4n) is 1.74. The average Bonchev–Trinajstić information content (AvgIpc) is 2.50. The molecule has 2 aromatic rings. The first kappa shape index (κ1) is 17.3. The fourth-order valence-corrected chi connectivity index (χ4v) is 2.70. The molecule has 23 heavy (non-hydrogen) atoms. The lowest BCUT2D eigenvalue weighted by Crippen LogP contribution is -2.20. The zero-order chi connectivity index (χ0) is 17.2. The normalized spacial score (nSPS) is 11.3. The van der Waals surface area contributed by atoms with Gasteiger partial charge in [-0.2, -0.15) is 0 Å². The summed E-state index contributed by atoms with van der Waals surface area (Å²) < 4.78 is 52.0. The monoisotopic (exact) mass is 360 g/mol. The predicted octanol–water partition coefficient (Wildman–Crippen LogP) is 2.78. The molecule has 0 aliphatic heterocycles. The van der Waals surface area contributed by atoms with E-state index in [1.165, 1.54) is 19.2 Å². The number of halogens is 3. The molecule has 2 rings (SSSR count). The van der Waals surface area contributed by atoms with Gasteiger partial charge in [0.1, 0.15) is 11.6 Å². The van der Waals surface area contributed by atoms with Gasteiger partial charge in [0.2, 0.25) is 10.0 Å². The van der Waals surface area contributed by atoms with E-state index in [-0.39, 0.29) is 21.2 Å². The average molecular weight is 361 g/mol. The molecule has 1 amide bonds. The third-order valence-corrected chi connectivity index (χ3v) is 4.68. The van der Waals surface area contributed by atoms with E-state index < -0.39 is 27.6 Å². The number of sulfonamides is 1. The topological polar surface area (TPSA) is 75.3 Å². The van der Waals surface area contributed by atoms with Crippen LogP contribution in [-0.2, 0) is 10.0 Å². The third kappa shape index (κ3) is 3.84. The van der Waals surface area contributed by atoms with E-state index >= 15 is 0 Å². The number of carbonyl (C=O) groups excluding carboxylic acids is 1. The smallest absolute Gasteiger partial charge is 0.257 e. The zero-order valence-corrected chi connectivity index (χ0v) is 13.3. The highest BCUT2D eigenvalue weighted by atomic mass is 35.5. The van der Waals surface area contributed by atoms with Gasteiger partial charge in [-0.3, -0.25) is 4.79 Å². The van der Waals surface area contributed by atoms with E-state index in [1.54, 1.807) is 0 Å². The van der Waals surface area contributed by atoms with Crippen molar-refractivity contribution in [2.24, 2.45) is 0 Å². The van der Waals surface area contributed by atoms with Crippen LogP contribution in [0, 0.1) is 11.6 Å². The second-order valence-electron chi connectivity index (χ2n) is 4.43. The molecule has 0 bridgehead atoms. The minimum absolute atomic E-state index is 0.0138. The molecule has 0 unspecified atom stereocenters. The Hall–Kier alpha value is -2.03. The Morgan fingerprint density at radius 1 is 1.13 bits per heavy atom. The summed E-state index contributed by atoms with van der Waals surface area (Å²) in [5.41, 5.74) is -0.416. The molecule has 5 nitrogen and oxygen atoms in total. The summed E-state index contributed by atoms with van der Waals surface area (Å²) in [6.45, 7) is 0. The Morgan fingerprint density at radius 3 is 2.43 bits per heavy atom. The summed E-state index contributed by atoms with van der Waals surface area (Å²) in [6.07, 6.45) is 0. The SMILES string of the molecule is CNS(=O)(=O)c1ccc(Cl)c(C(=O)Nc2ccc(F)cc2F)c1. The van der Waals surface area contributed by atoms with Gasteiger partial charge in [-0.15, -0.1) is 0 Å². The highest BCUT2D eigenvalue weighted by Crippen LogP contribution is 2.23. The van der Waals surface area contributed by atoms with E-state index in [1.807, 2.05) is 0 Å². The zero-order valence-electron chi connectivity index (χ0n) is 11.7. The van der Waals surface area contributed by atoms with E-state index in [9.17, 15) is 22.0 Å². The van der Waals surface area contributed by atoms with Crippen LogP contribution in [0.15, 0.2) is 41.3 Å². The summed E-state index contributed by atoms with van der Waals surface area (Å²) in [5, 5.41) is 2.20. The highest BCUT2D eigenvalue weighted by Gasteiger charge is 2.18. The molecular formula is C14H11ClF2N2O3S. The Bertz CT molecular complexity index is 872. The Morgan fingerprint density at radius 2 is 1.83 bits per heavy atom. The quantitative estimate of drug-likeness (QED) is 0.880. The van der Waals surface area contributed by atoms with E-state index in [2.05, 4.69) is 10.0 Å². The van der Waals surface area contributed by atoms with Crippen molar-refractivity contribution in [1.82, 2.24) is 4.72 Å². The summed E-state index contributed by atoms with van der Waals surface area (Å²) >= 11 is 5.89. The number of amides is 1. The molecule has 0 heterocycles. The second-order valence-corrected chi connectivity index (χ2v) is 6.72. The molecule has 9 heteroatoms. The Kier molecular flexibility index (Phi) is 4.98. The van der Waals surface area contributed by atoms with Crippen molar-refractivity contribution in [1.29, 1.82) is 0 Å². The molecule has 0 aliphatic carbocycles. The first-order valence-corrected chi connectivity index (χ1v) is 8.10. The van der Waals surface area contributed by atoms with Crippen molar-refractivity contribution in [2.45, 2.75) is 4.90 Å². The standard InChI is InChI=1S/C14H11ClF2N2O3S/c1-18-23(21,22)9-3-4-11(15)10(7-9)14(20)19-13-5-2-8(16)6-12(13)17/h2-7,18H,1H3,(H,19,20). The van der Waals surface area contributed by atoms with Crippen LogP contribution in [0.4, 0.5) is 14.5 Å². The van der Waals surface area contributed by atoms with Crippen LogP contribution in [0.1, 0.15) is 10.4 Å². The molecule has 0 aliphatic rings. The number of benzene rings is 2. The van der Waals surface area contributed by atoms with Crippen LogP contribution in [0.3, 0.4) is 0 Å². The molecule has 0 saturated carbocycles. The highest BCUT2D eigenvalue weighted by molar-refractivity contribution is 7.89. The van der Waals surface area contributed by atoms with Crippen LogP contribution in [0.25, 0.3) is 0 Å². The van der Waals surface area contributed by atoms with Gasteiger partial charge in [0.05, 0.1) is 21.2 Å². The first-order valence-electron chi connectivity index (χ1n) is 6.24. The van der Waals surface area contributed by atoms with Crippen molar-refractivity contribution >= 4 is 33.2 Å². The minimum Gasteiger partial charge on any atom is -0.319 e. The van der Waals surface area contributed by atoms with Crippen LogP contribution < -0.4 is 10.0 Å². The molecule has 0 saturated heterocycles. The van der Waals surface area contributed by atoms with Gasteiger partial charge in [0, 0.05) is 6.07 Å². The molecule has 0 spiro atoms. The van der Waals surface area contributed by atoms with Crippen molar-refractivity contribution in [2.75, 3.05) is 12.4 Å². The van der Waals surface area contributed by atoms with Crippen LogP contribution in [-0.4, -0.2) is 21.4 Å². The van der Waals surface area contributed by atoms with Crippen molar-refractivity contribution < 1.29 is 22.0 Å². The van der Waals surface area contributed by atoms with Gasteiger partial charge < -0.3 is 5.32 Å². The minimum atomic E-state index is -3.77. The second kappa shape index (κ2) is 6.61. The van der Waals surface area contributed by atoms with Gasteiger partial charge in [0.25, 0.3) is 5.91 Å². The van der Waals surface area contributed by atoms with E-state index in [0.29, 0.717) is 6.07 Å². The molecule has 0 fully saturated rings. The van der Waals surface area contributed by atoms with Crippen molar-refractivity contribution in [3.63, 3.8) is 0 Å². The third-order valence-electron chi connectivity index (χ3n) is 2.94. The Balaban J connectivity index is 2.37. The van der Waals surface area contributed by atoms with Crippen molar-refractivity contribution in [3.05, 3.63) is 58.6 Å². The lowest BCUT2D eigenvalue weighted by atomic mass is 10.2. The fraction of sp³-hybridized carbons (Fsp3) is 0.0714. The van der Waals surface area contributed by atoms with Gasteiger partial charge >= 0.3 is 0 Å². The first-order chi connectivity index (χ1) is 10.7. The number of rotatable bonds is 4. The largest absolute Gasteiger partial charge is 0.319 e. The number of nitrogens with one attached hydrogen (secondary N) is 2. The van der Waals surface area contributed by atoms with Crippen LogP contribution in [0.2, 0.25) is 5.02 Å². The lowest BCUT2D eigenvalue weighted by Gasteiger charge is -2.10. The summed E-state index contributed by atoms with van der Waals surface area (Å²) in [5.74, 6) is -2.58. The maximum Gasteiger partial charge on any atom is 0.257 e.